The van der Waals surface area contributed by atoms with Crippen LogP contribution < -0.4 is 15.0 Å². The fraction of sp³-hybridized carbons (Fsp3) is 0.385. The van der Waals surface area contributed by atoms with E-state index < -0.39 is 18.6 Å². The summed E-state index contributed by atoms with van der Waals surface area (Å²) in [5.74, 6) is 0.468. The molecule has 1 amide bonds. The van der Waals surface area contributed by atoms with Gasteiger partial charge in [-0.1, -0.05) is 11.6 Å². The summed E-state index contributed by atoms with van der Waals surface area (Å²) in [5.41, 5.74) is 2.33. The highest BCUT2D eigenvalue weighted by molar-refractivity contribution is 6.32. The summed E-state index contributed by atoms with van der Waals surface area (Å²) in [6, 6.07) is 8.35. The lowest BCUT2D eigenvalue weighted by atomic mass is 10.0. The number of rotatable bonds is 8. The predicted octanol–water partition coefficient (Wildman–Crippen LogP) is 3.43. The number of methoxy groups -OCH3 is 1. The van der Waals surface area contributed by atoms with Crippen LogP contribution in [-0.2, 0) is 28.9 Å². The molecule has 200 valence electrons. The van der Waals surface area contributed by atoms with Crippen molar-refractivity contribution in [1.29, 1.82) is 0 Å². The van der Waals surface area contributed by atoms with Crippen LogP contribution >= 0.6 is 11.6 Å². The molecule has 0 unspecified atom stereocenters. The smallest absolute Gasteiger partial charge is 0.275 e. The lowest BCUT2D eigenvalue weighted by molar-refractivity contribution is -0.136. The Morgan fingerprint density at radius 1 is 1.18 bits per heavy atom. The molecule has 38 heavy (non-hydrogen) atoms. The zero-order valence-corrected chi connectivity index (χ0v) is 21.3. The summed E-state index contributed by atoms with van der Waals surface area (Å²) in [6.07, 6.45) is -1.88. The van der Waals surface area contributed by atoms with Crippen LogP contribution in [0, 0.1) is 0 Å². The molecule has 0 bridgehead atoms. The number of halogens is 3. The predicted molar refractivity (Wildman–Crippen MR) is 137 cm³/mol. The average molecular weight is 547 g/mol. The summed E-state index contributed by atoms with van der Waals surface area (Å²) >= 11 is 6.21. The first-order valence-corrected chi connectivity index (χ1v) is 12.4. The van der Waals surface area contributed by atoms with Crippen molar-refractivity contribution in [2.24, 2.45) is 4.99 Å². The SMILES string of the molecule is COc1ccc2c(CC3=Nc4cc(Cl)c(OCC(F)F)cc4C3)nn(CC(=O)N3CCOCC3)c(=O)c2c1. The van der Waals surface area contributed by atoms with E-state index in [-0.39, 0.29) is 23.2 Å². The summed E-state index contributed by atoms with van der Waals surface area (Å²) in [7, 11) is 1.51. The van der Waals surface area contributed by atoms with E-state index in [0.29, 0.717) is 67.0 Å². The molecule has 0 aliphatic carbocycles. The second-order valence-electron chi connectivity index (χ2n) is 8.96. The minimum absolute atomic E-state index is 0.174. The normalized spacial score (nSPS) is 15.1. The minimum atomic E-state index is -2.62. The molecule has 1 aromatic heterocycles. The Morgan fingerprint density at radius 2 is 1.97 bits per heavy atom. The second-order valence-corrected chi connectivity index (χ2v) is 9.37. The van der Waals surface area contributed by atoms with Crippen LogP contribution in [0.1, 0.15) is 11.3 Å². The zero-order valence-electron chi connectivity index (χ0n) is 20.6. The van der Waals surface area contributed by atoms with Crippen LogP contribution in [0.5, 0.6) is 11.5 Å². The minimum Gasteiger partial charge on any atom is -0.497 e. The van der Waals surface area contributed by atoms with Gasteiger partial charge in [0.1, 0.15) is 24.7 Å². The van der Waals surface area contributed by atoms with Crippen molar-refractivity contribution >= 4 is 39.7 Å². The number of hydrogen-bond acceptors (Lipinski definition) is 7. The third-order valence-corrected chi connectivity index (χ3v) is 6.73. The summed E-state index contributed by atoms with van der Waals surface area (Å²) in [4.78, 5) is 32.5. The highest BCUT2D eigenvalue weighted by atomic mass is 35.5. The molecule has 1 fully saturated rings. The van der Waals surface area contributed by atoms with Crippen molar-refractivity contribution in [3.05, 3.63) is 57.0 Å². The second kappa shape index (κ2) is 11.0. The highest BCUT2D eigenvalue weighted by Crippen LogP contribution is 2.37. The Bertz CT molecular complexity index is 1470. The molecule has 9 nitrogen and oxygen atoms in total. The van der Waals surface area contributed by atoms with Crippen molar-refractivity contribution in [1.82, 2.24) is 14.7 Å². The molecule has 0 saturated carbocycles. The van der Waals surface area contributed by atoms with E-state index >= 15 is 0 Å². The maximum absolute atomic E-state index is 13.3. The molecule has 12 heteroatoms. The van der Waals surface area contributed by atoms with Crippen molar-refractivity contribution < 1.29 is 27.8 Å². The lowest BCUT2D eigenvalue weighted by Gasteiger charge is -2.27. The molecule has 0 N–H and O–H groups in total. The van der Waals surface area contributed by atoms with Gasteiger partial charge in [0.05, 0.1) is 42.1 Å². The van der Waals surface area contributed by atoms with Gasteiger partial charge < -0.3 is 19.1 Å². The third-order valence-electron chi connectivity index (χ3n) is 6.44. The van der Waals surface area contributed by atoms with Crippen molar-refractivity contribution in [2.45, 2.75) is 25.8 Å². The number of aliphatic imine (C=N–C) groups is 1. The molecule has 0 atom stereocenters. The molecule has 0 radical (unpaired) electrons. The number of hydrogen-bond donors (Lipinski definition) is 0. The molecular formula is C26H25ClF2N4O5. The van der Waals surface area contributed by atoms with Gasteiger partial charge in [0.2, 0.25) is 5.91 Å². The quantitative estimate of drug-likeness (QED) is 0.430. The Hall–Kier alpha value is -3.57. The van der Waals surface area contributed by atoms with Crippen LogP contribution in [0.25, 0.3) is 10.8 Å². The molecule has 5 rings (SSSR count). The third kappa shape index (κ3) is 5.48. The van der Waals surface area contributed by atoms with Crippen molar-refractivity contribution in [3.63, 3.8) is 0 Å². The van der Waals surface area contributed by atoms with E-state index in [1.54, 1.807) is 35.2 Å². The Morgan fingerprint density at radius 3 is 2.71 bits per heavy atom. The van der Waals surface area contributed by atoms with Gasteiger partial charge in [-0.3, -0.25) is 14.6 Å². The number of benzene rings is 2. The first kappa shape index (κ1) is 26.1. The molecule has 3 heterocycles. The fourth-order valence-corrected chi connectivity index (χ4v) is 4.77. The molecule has 0 spiro atoms. The van der Waals surface area contributed by atoms with E-state index in [9.17, 15) is 18.4 Å². The van der Waals surface area contributed by atoms with Gasteiger partial charge in [-0.2, -0.15) is 5.10 Å². The molecule has 3 aromatic rings. The Balaban J connectivity index is 1.45. The molecular weight excluding hydrogens is 522 g/mol. The Labute approximate surface area is 221 Å². The van der Waals surface area contributed by atoms with E-state index in [1.807, 2.05) is 0 Å². The van der Waals surface area contributed by atoms with Gasteiger partial charge in [-0.05, 0) is 35.9 Å². The summed E-state index contributed by atoms with van der Waals surface area (Å²) in [5, 5.41) is 5.77. The van der Waals surface area contributed by atoms with Crippen molar-refractivity contribution in [2.75, 3.05) is 40.0 Å². The largest absolute Gasteiger partial charge is 0.497 e. The number of ether oxygens (including phenoxy) is 3. The van der Waals surface area contributed by atoms with Crippen LogP contribution in [0.4, 0.5) is 14.5 Å². The van der Waals surface area contributed by atoms with E-state index in [1.165, 1.54) is 11.8 Å². The van der Waals surface area contributed by atoms with Gasteiger partial charge in [0.15, 0.2) is 0 Å². The van der Waals surface area contributed by atoms with Gasteiger partial charge in [-0.15, -0.1) is 0 Å². The molecule has 2 aliphatic rings. The van der Waals surface area contributed by atoms with Crippen LogP contribution in [0.2, 0.25) is 5.02 Å². The number of morpholine rings is 1. The number of carbonyl (C=O) groups is 1. The van der Waals surface area contributed by atoms with Crippen LogP contribution in [0.15, 0.2) is 40.1 Å². The van der Waals surface area contributed by atoms with Crippen LogP contribution in [-0.4, -0.2) is 72.7 Å². The lowest BCUT2D eigenvalue weighted by Crippen LogP contribution is -2.44. The van der Waals surface area contributed by atoms with Gasteiger partial charge in [0, 0.05) is 37.0 Å². The van der Waals surface area contributed by atoms with Gasteiger partial charge in [-0.25, -0.2) is 13.5 Å². The maximum atomic E-state index is 13.3. The zero-order chi connectivity index (χ0) is 26.8. The molecule has 2 aromatic carbocycles. The van der Waals surface area contributed by atoms with Crippen molar-refractivity contribution in [3.8, 4) is 11.5 Å². The topological polar surface area (TPSA) is 95.2 Å². The molecule has 2 aliphatic heterocycles. The number of nitrogens with zero attached hydrogens (tertiary/aromatic N) is 4. The number of amides is 1. The Kier molecular flexibility index (Phi) is 7.57. The first-order valence-electron chi connectivity index (χ1n) is 12.1. The van der Waals surface area contributed by atoms with E-state index in [2.05, 4.69) is 10.1 Å². The molecule has 1 saturated heterocycles. The standard InChI is InChI=1S/C26H25ClF2N4O5/c1-36-17-2-3-18-19(11-17)26(35)33(13-25(34)32-4-6-37-7-5-32)31-22(18)10-16-8-15-9-23(38-14-24(28)29)20(27)12-21(15)30-16/h2-3,9,11-12,24H,4-8,10,13-14H2,1H3. The summed E-state index contributed by atoms with van der Waals surface area (Å²) < 4.78 is 42.1. The average Bonchev–Trinajstić information content (AvgIpc) is 3.30. The fourth-order valence-electron chi connectivity index (χ4n) is 4.56. The summed E-state index contributed by atoms with van der Waals surface area (Å²) in [6.45, 7) is 0.870. The number of fused-ring (bicyclic) bond motifs is 2. The number of alkyl halides is 2. The number of carbonyl (C=O) groups excluding carboxylic acids is 1. The number of aromatic nitrogens is 2. The van der Waals surface area contributed by atoms with Gasteiger partial charge >= 0.3 is 0 Å². The van der Waals surface area contributed by atoms with E-state index in [4.69, 9.17) is 25.8 Å². The van der Waals surface area contributed by atoms with Gasteiger partial charge in [0.25, 0.3) is 12.0 Å². The van der Waals surface area contributed by atoms with Crippen LogP contribution in [0.3, 0.4) is 0 Å². The highest BCUT2D eigenvalue weighted by Gasteiger charge is 2.23. The monoisotopic (exact) mass is 546 g/mol. The van der Waals surface area contributed by atoms with E-state index in [0.717, 1.165) is 11.3 Å². The maximum Gasteiger partial charge on any atom is 0.275 e. The first-order chi connectivity index (χ1) is 18.3.